The molecule has 2 heterocycles. The number of pyridine rings is 1. The molecule has 2 nitrogen and oxygen atoms in total. The zero-order valence-electron chi connectivity index (χ0n) is 10.7. The normalized spacial score (nSPS) is 11.4. The first-order chi connectivity index (χ1) is 10.4. The molecule has 0 fully saturated rings. The van der Waals surface area contributed by atoms with Crippen molar-refractivity contribution in [2.45, 2.75) is 6.54 Å². The van der Waals surface area contributed by atoms with Crippen molar-refractivity contribution in [2.75, 3.05) is 0 Å². The van der Waals surface area contributed by atoms with Crippen LogP contribution in [0.25, 0.3) is 10.9 Å². The molecule has 0 radical (unpaired) electrons. The molecule has 114 valence electrons. The van der Waals surface area contributed by atoms with Gasteiger partial charge in [-0.25, -0.2) is 22.0 Å². The summed E-state index contributed by atoms with van der Waals surface area (Å²) in [4.78, 5) is 3.89. The van der Waals surface area contributed by atoms with Gasteiger partial charge in [-0.2, -0.15) is 0 Å². The Hall–Kier alpha value is -1.96. The highest BCUT2D eigenvalue weighted by Gasteiger charge is 2.26. The lowest BCUT2D eigenvalue weighted by atomic mass is 10.1. The molecule has 0 atom stereocenters. The van der Waals surface area contributed by atoms with Crippen LogP contribution in [-0.2, 0) is 6.54 Å². The first-order valence-electron chi connectivity index (χ1n) is 6.00. The Kier molecular flexibility index (Phi) is 3.64. The maximum absolute atomic E-state index is 13.7. The highest BCUT2D eigenvalue weighted by molar-refractivity contribution is 9.10. The van der Waals surface area contributed by atoms with Crippen molar-refractivity contribution in [3.05, 3.63) is 63.8 Å². The van der Waals surface area contributed by atoms with Crippen LogP contribution >= 0.6 is 15.9 Å². The van der Waals surface area contributed by atoms with Crippen LogP contribution in [-0.4, -0.2) is 9.55 Å². The molecular formula is C14H6BrF5N2. The number of aromatic nitrogens is 2. The van der Waals surface area contributed by atoms with E-state index in [2.05, 4.69) is 20.9 Å². The maximum Gasteiger partial charge on any atom is 0.200 e. The molecule has 3 rings (SSSR count). The first-order valence-corrected chi connectivity index (χ1v) is 6.79. The summed E-state index contributed by atoms with van der Waals surface area (Å²) in [5.41, 5.74) is -0.400. The molecule has 0 saturated heterocycles. The Balaban J connectivity index is 2.18. The van der Waals surface area contributed by atoms with E-state index < -0.39 is 41.2 Å². The van der Waals surface area contributed by atoms with Gasteiger partial charge in [0.2, 0.25) is 5.82 Å². The monoisotopic (exact) mass is 376 g/mol. The van der Waals surface area contributed by atoms with Crippen molar-refractivity contribution in [3.8, 4) is 0 Å². The maximum atomic E-state index is 13.7. The van der Waals surface area contributed by atoms with E-state index in [1.165, 1.54) is 23.2 Å². The van der Waals surface area contributed by atoms with Gasteiger partial charge >= 0.3 is 0 Å². The average Bonchev–Trinajstić information content (AvgIpc) is 2.84. The molecule has 0 aliphatic heterocycles. The van der Waals surface area contributed by atoms with E-state index in [9.17, 15) is 22.0 Å². The minimum absolute atomic E-state index is 0.498. The predicted octanol–water partition coefficient (Wildman–Crippen LogP) is 4.54. The van der Waals surface area contributed by atoms with Crippen molar-refractivity contribution in [1.29, 1.82) is 0 Å². The van der Waals surface area contributed by atoms with Crippen LogP contribution in [0.4, 0.5) is 22.0 Å². The van der Waals surface area contributed by atoms with Crippen LogP contribution in [0.2, 0.25) is 0 Å². The predicted molar refractivity (Wildman–Crippen MR) is 72.8 cm³/mol. The zero-order chi connectivity index (χ0) is 16.0. The molecule has 0 unspecified atom stereocenters. The Morgan fingerprint density at radius 1 is 0.955 bits per heavy atom. The Morgan fingerprint density at radius 2 is 1.55 bits per heavy atom. The van der Waals surface area contributed by atoms with E-state index in [4.69, 9.17) is 0 Å². The standard InChI is InChI=1S/C14H6BrF5N2/c15-8-5-22(9-3-21-2-1-6(8)9)4-7-10(16)12(18)14(20)13(19)11(7)17/h1-3,5H,4H2. The molecule has 2 aromatic heterocycles. The number of rotatable bonds is 2. The third-order valence-electron chi connectivity index (χ3n) is 3.27. The Morgan fingerprint density at radius 3 is 2.18 bits per heavy atom. The highest BCUT2D eigenvalue weighted by atomic mass is 79.9. The number of hydrogen-bond acceptors (Lipinski definition) is 1. The number of halogens is 6. The van der Waals surface area contributed by atoms with Gasteiger partial charge in [-0.05, 0) is 22.0 Å². The first kappa shape index (κ1) is 15.0. The van der Waals surface area contributed by atoms with Crippen molar-refractivity contribution < 1.29 is 22.0 Å². The fourth-order valence-corrected chi connectivity index (χ4v) is 2.77. The van der Waals surface area contributed by atoms with Crippen LogP contribution in [0.3, 0.4) is 0 Å². The third-order valence-corrected chi connectivity index (χ3v) is 3.90. The molecule has 0 N–H and O–H groups in total. The molecule has 8 heteroatoms. The smallest absolute Gasteiger partial charge is 0.200 e. The van der Waals surface area contributed by atoms with Crippen molar-refractivity contribution in [1.82, 2.24) is 9.55 Å². The molecule has 0 amide bonds. The van der Waals surface area contributed by atoms with Crippen LogP contribution in [0.1, 0.15) is 5.56 Å². The van der Waals surface area contributed by atoms with E-state index >= 15 is 0 Å². The van der Waals surface area contributed by atoms with Gasteiger partial charge in [0.05, 0.1) is 18.3 Å². The minimum Gasteiger partial charge on any atom is -0.340 e. The molecule has 1 aromatic carbocycles. The van der Waals surface area contributed by atoms with Crippen molar-refractivity contribution in [2.24, 2.45) is 0 Å². The Labute approximate surface area is 129 Å². The van der Waals surface area contributed by atoms with E-state index in [0.29, 0.717) is 15.4 Å². The molecule has 0 aliphatic carbocycles. The van der Waals surface area contributed by atoms with Gasteiger partial charge in [0.15, 0.2) is 23.3 Å². The quantitative estimate of drug-likeness (QED) is 0.364. The van der Waals surface area contributed by atoms with E-state index in [-0.39, 0.29) is 0 Å². The second-order valence-electron chi connectivity index (χ2n) is 4.55. The molecule has 0 bridgehead atoms. The van der Waals surface area contributed by atoms with Gasteiger partial charge < -0.3 is 4.57 Å². The largest absolute Gasteiger partial charge is 0.340 e. The lowest BCUT2D eigenvalue weighted by Gasteiger charge is -2.10. The summed E-state index contributed by atoms with van der Waals surface area (Å²) < 4.78 is 68.9. The van der Waals surface area contributed by atoms with Gasteiger partial charge in [0.25, 0.3) is 0 Å². The second-order valence-corrected chi connectivity index (χ2v) is 5.40. The van der Waals surface area contributed by atoms with Gasteiger partial charge in [0, 0.05) is 27.8 Å². The summed E-state index contributed by atoms with van der Waals surface area (Å²) in [7, 11) is 0. The van der Waals surface area contributed by atoms with Crippen LogP contribution in [0.5, 0.6) is 0 Å². The number of fused-ring (bicyclic) bond motifs is 1. The highest BCUT2D eigenvalue weighted by Crippen LogP contribution is 2.28. The van der Waals surface area contributed by atoms with Crippen molar-refractivity contribution in [3.63, 3.8) is 0 Å². The topological polar surface area (TPSA) is 17.8 Å². The van der Waals surface area contributed by atoms with E-state index in [1.54, 1.807) is 6.07 Å². The summed E-state index contributed by atoms with van der Waals surface area (Å²) in [5.74, 6) is -9.75. The summed E-state index contributed by atoms with van der Waals surface area (Å²) in [6.07, 6.45) is 4.45. The molecule has 0 saturated carbocycles. The van der Waals surface area contributed by atoms with Crippen LogP contribution < -0.4 is 0 Å². The molecule has 3 aromatic rings. The van der Waals surface area contributed by atoms with Gasteiger partial charge in [-0.3, -0.25) is 4.98 Å². The van der Waals surface area contributed by atoms with Crippen LogP contribution in [0, 0.1) is 29.1 Å². The fraction of sp³-hybridized carbons (Fsp3) is 0.0714. The lowest BCUT2D eigenvalue weighted by molar-refractivity contribution is 0.368. The summed E-state index contributed by atoms with van der Waals surface area (Å²) in [6.45, 7) is -0.514. The molecule has 0 spiro atoms. The van der Waals surface area contributed by atoms with Gasteiger partial charge in [0.1, 0.15) is 0 Å². The number of benzene rings is 1. The molecule has 0 aliphatic rings. The second kappa shape index (κ2) is 5.35. The summed E-state index contributed by atoms with van der Waals surface area (Å²) >= 11 is 3.26. The molecular weight excluding hydrogens is 371 g/mol. The summed E-state index contributed by atoms with van der Waals surface area (Å²) in [5, 5.41) is 0.707. The van der Waals surface area contributed by atoms with Gasteiger partial charge in [-0.1, -0.05) is 0 Å². The zero-order valence-corrected chi connectivity index (χ0v) is 12.3. The number of nitrogens with zero attached hydrogens (tertiary/aromatic N) is 2. The SMILES string of the molecule is Fc1c(F)c(F)c(Cn2cc(Br)c3ccncc32)c(F)c1F. The van der Waals surface area contributed by atoms with Crippen LogP contribution in [0.15, 0.2) is 29.1 Å². The fourth-order valence-electron chi connectivity index (χ4n) is 2.18. The van der Waals surface area contributed by atoms with Gasteiger partial charge in [-0.15, -0.1) is 0 Å². The van der Waals surface area contributed by atoms with E-state index in [0.717, 1.165) is 0 Å². The van der Waals surface area contributed by atoms with E-state index in [1.807, 2.05) is 0 Å². The number of hydrogen-bond donors (Lipinski definition) is 0. The molecule has 22 heavy (non-hydrogen) atoms. The third kappa shape index (κ3) is 2.18. The average molecular weight is 377 g/mol. The minimum atomic E-state index is -2.17. The lowest BCUT2D eigenvalue weighted by Crippen LogP contribution is -2.10. The summed E-state index contributed by atoms with van der Waals surface area (Å²) in [6, 6.07) is 1.66. The van der Waals surface area contributed by atoms with Crippen molar-refractivity contribution >= 4 is 26.8 Å². The Bertz CT molecular complexity index is 862.